The van der Waals surface area contributed by atoms with E-state index in [0.29, 0.717) is 47.1 Å². The summed E-state index contributed by atoms with van der Waals surface area (Å²) in [5, 5.41) is 17.2. The highest BCUT2D eigenvalue weighted by molar-refractivity contribution is 5.82. The van der Waals surface area contributed by atoms with E-state index in [1.165, 1.54) is 4.57 Å². The second-order valence-corrected chi connectivity index (χ2v) is 9.84. The molecule has 1 aliphatic carbocycles. The van der Waals surface area contributed by atoms with Crippen molar-refractivity contribution in [1.82, 2.24) is 34.0 Å². The van der Waals surface area contributed by atoms with Gasteiger partial charge < -0.3 is 9.88 Å². The number of fused-ring (bicyclic) bond motifs is 2. The minimum absolute atomic E-state index is 0.219. The van der Waals surface area contributed by atoms with E-state index >= 15 is 4.39 Å². The number of aryl methyl sites for hydroxylation is 1. The Balaban J connectivity index is 1.22. The number of halogens is 3. The summed E-state index contributed by atoms with van der Waals surface area (Å²) >= 11 is 0. The number of nitrogens with zero attached hydrogens (tertiary/aromatic N) is 8. The topological polar surface area (TPSA) is 100.0 Å². The average molecular weight is 510 g/mol. The third-order valence-electron chi connectivity index (χ3n) is 7.65. The molecule has 12 heteroatoms. The van der Waals surface area contributed by atoms with Crippen LogP contribution in [0.4, 0.5) is 19.1 Å². The maximum atomic E-state index is 15.1. The Bertz CT molecular complexity index is 1500. The number of nitrogens with one attached hydrogen (secondary N) is 1. The van der Waals surface area contributed by atoms with E-state index in [2.05, 4.69) is 31.4 Å². The van der Waals surface area contributed by atoms with Gasteiger partial charge in [0.05, 0.1) is 36.1 Å². The highest BCUT2D eigenvalue weighted by atomic mass is 19.3. The van der Waals surface area contributed by atoms with Crippen molar-refractivity contribution in [2.75, 3.05) is 18.4 Å². The number of aromatic nitrogens is 6. The minimum Gasteiger partial charge on any atom is -0.347 e. The van der Waals surface area contributed by atoms with Crippen molar-refractivity contribution < 1.29 is 13.2 Å². The third kappa shape index (κ3) is 4.07. The number of anilines is 1. The van der Waals surface area contributed by atoms with Gasteiger partial charge in [-0.15, -0.1) is 5.10 Å². The highest BCUT2D eigenvalue weighted by Crippen LogP contribution is 2.39. The predicted octanol–water partition coefficient (Wildman–Crippen LogP) is 3.99. The summed E-state index contributed by atoms with van der Waals surface area (Å²) in [4.78, 5) is 15.3. The number of hydrogen-bond donors (Lipinski definition) is 1. The molecule has 0 amide bonds. The Hall–Kier alpha value is -3.72. The average Bonchev–Trinajstić information content (AvgIpc) is 3.40. The largest absolute Gasteiger partial charge is 0.347 e. The van der Waals surface area contributed by atoms with Gasteiger partial charge in [0.25, 0.3) is 6.43 Å². The summed E-state index contributed by atoms with van der Waals surface area (Å²) in [6.07, 6.45) is 2.92. The molecule has 2 fully saturated rings. The number of nitriles is 1. The Labute approximate surface area is 210 Å². The first-order valence-electron chi connectivity index (χ1n) is 12.4. The molecule has 2 aliphatic rings. The molecule has 1 aliphatic heterocycles. The number of pyridine rings is 1. The van der Waals surface area contributed by atoms with E-state index in [1.807, 2.05) is 11.0 Å². The number of hydrogen-bond acceptors (Lipinski definition) is 7. The summed E-state index contributed by atoms with van der Waals surface area (Å²) in [5.41, 5.74) is 2.47. The van der Waals surface area contributed by atoms with Crippen molar-refractivity contribution in [2.45, 2.75) is 63.3 Å². The van der Waals surface area contributed by atoms with Gasteiger partial charge in [0.15, 0.2) is 5.65 Å². The molecule has 0 spiro atoms. The van der Waals surface area contributed by atoms with Crippen molar-refractivity contribution in [1.29, 1.82) is 5.26 Å². The molecule has 4 aromatic heterocycles. The maximum Gasteiger partial charge on any atom is 0.256 e. The van der Waals surface area contributed by atoms with E-state index in [1.54, 1.807) is 36.0 Å². The molecule has 37 heavy (non-hydrogen) atoms. The van der Waals surface area contributed by atoms with Crippen LogP contribution in [0.5, 0.6) is 0 Å². The van der Waals surface area contributed by atoms with E-state index in [0.717, 1.165) is 24.8 Å². The van der Waals surface area contributed by atoms with Gasteiger partial charge in [-0.1, -0.05) is 0 Å². The quantitative estimate of drug-likeness (QED) is 0.420. The first-order valence-corrected chi connectivity index (χ1v) is 12.4. The molecule has 0 radical (unpaired) electrons. The monoisotopic (exact) mass is 509 g/mol. The molecular formula is C25H26F3N9. The van der Waals surface area contributed by atoms with Gasteiger partial charge in [-0.05, 0) is 50.8 Å². The van der Waals surface area contributed by atoms with Crippen LogP contribution in [-0.2, 0) is 6.54 Å². The van der Waals surface area contributed by atoms with Gasteiger partial charge in [-0.2, -0.15) is 5.26 Å². The van der Waals surface area contributed by atoms with E-state index in [-0.39, 0.29) is 6.54 Å². The van der Waals surface area contributed by atoms with Crippen LogP contribution in [0, 0.1) is 18.3 Å². The van der Waals surface area contributed by atoms with Crippen molar-refractivity contribution in [3.63, 3.8) is 0 Å². The van der Waals surface area contributed by atoms with E-state index in [4.69, 9.17) is 0 Å². The van der Waals surface area contributed by atoms with Crippen LogP contribution < -0.4 is 5.32 Å². The van der Waals surface area contributed by atoms with Gasteiger partial charge in [-0.25, -0.2) is 32.6 Å². The fourth-order valence-electron chi connectivity index (χ4n) is 5.44. The zero-order valence-electron chi connectivity index (χ0n) is 20.3. The first-order chi connectivity index (χ1) is 17.9. The first kappa shape index (κ1) is 23.7. The molecule has 1 N–H and O–H groups in total. The number of alkyl halides is 3. The number of rotatable bonds is 6. The summed E-state index contributed by atoms with van der Waals surface area (Å²) in [6, 6.07) is 7.34. The minimum atomic E-state index is -2.52. The Morgan fingerprint density at radius 2 is 2.08 bits per heavy atom. The SMILES string of the molecule is Cc1nc2ccc(-c3ccn4nc(NC5CCN(C6(C#N)CCC6)CC5F)ncc34)nc2n1CC(F)F. The third-order valence-corrected chi connectivity index (χ3v) is 7.65. The van der Waals surface area contributed by atoms with Gasteiger partial charge >= 0.3 is 0 Å². The molecule has 9 nitrogen and oxygen atoms in total. The summed E-state index contributed by atoms with van der Waals surface area (Å²) < 4.78 is 44.3. The lowest BCUT2D eigenvalue weighted by atomic mass is 9.75. The van der Waals surface area contributed by atoms with E-state index in [9.17, 15) is 14.0 Å². The zero-order valence-corrected chi connectivity index (χ0v) is 20.3. The molecule has 0 aromatic carbocycles. The second kappa shape index (κ2) is 8.99. The number of piperidine rings is 1. The normalized spacial score (nSPS) is 21.8. The van der Waals surface area contributed by atoms with Crippen LogP contribution in [0.1, 0.15) is 31.5 Å². The summed E-state index contributed by atoms with van der Waals surface area (Å²) in [6.45, 7) is 2.08. The molecule has 192 valence electrons. The molecule has 0 bridgehead atoms. The van der Waals surface area contributed by atoms with Crippen LogP contribution in [-0.4, -0.2) is 71.3 Å². The van der Waals surface area contributed by atoms with Crippen LogP contribution in [0.25, 0.3) is 27.9 Å². The van der Waals surface area contributed by atoms with Crippen molar-refractivity contribution in [3.8, 4) is 17.3 Å². The van der Waals surface area contributed by atoms with Crippen LogP contribution >= 0.6 is 0 Å². The van der Waals surface area contributed by atoms with Gasteiger partial charge in [-0.3, -0.25) is 4.90 Å². The fraction of sp³-hybridized carbons (Fsp3) is 0.480. The zero-order chi connectivity index (χ0) is 25.7. The Kier molecular flexibility index (Phi) is 5.75. The summed E-state index contributed by atoms with van der Waals surface area (Å²) in [7, 11) is 0. The van der Waals surface area contributed by atoms with E-state index < -0.39 is 30.7 Å². The lowest BCUT2D eigenvalue weighted by molar-refractivity contribution is 0.0128. The molecule has 1 saturated carbocycles. The predicted molar refractivity (Wildman–Crippen MR) is 131 cm³/mol. The number of likely N-dealkylation sites (tertiary alicyclic amines) is 1. The molecule has 4 aromatic rings. The lowest BCUT2D eigenvalue weighted by Gasteiger charge is -2.48. The Morgan fingerprint density at radius 3 is 2.78 bits per heavy atom. The summed E-state index contributed by atoms with van der Waals surface area (Å²) in [5.74, 6) is 0.789. The fourth-order valence-corrected chi connectivity index (χ4v) is 5.44. The Morgan fingerprint density at radius 1 is 1.24 bits per heavy atom. The molecule has 2 atom stereocenters. The smallest absolute Gasteiger partial charge is 0.256 e. The molecular weight excluding hydrogens is 483 g/mol. The molecule has 2 unspecified atom stereocenters. The number of imidazole rings is 1. The van der Waals surface area contributed by atoms with Crippen molar-refractivity contribution >= 4 is 22.6 Å². The van der Waals surface area contributed by atoms with Crippen LogP contribution in [0.15, 0.2) is 30.6 Å². The van der Waals surface area contributed by atoms with Gasteiger partial charge in [0.2, 0.25) is 5.95 Å². The standard InChI is InChI=1S/C25H26F3N9/c1-15-31-20-4-3-18(32-23(20)36(15)13-22(27)28)16-5-10-37-21(16)11-30-24(34-37)33-19-6-9-35(12-17(19)26)25(14-29)7-2-8-25/h3-5,10-11,17,19,22H,2,6-9,12-13H2,1H3,(H,33,34). The molecule has 6 rings (SSSR count). The van der Waals surface area contributed by atoms with Crippen molar-refractivity contribution in [2.24, 2.45) is 0 Å². The van der Waals surface area contributed by atoms with Crippen LogP contribution in [0.3, 0.4) is 0 Å². The van der Waals surface area contributed by atoms with Gasteiger partial charge in [0.1, 0.15) is 23.1 Å². The molecule has 5 heterocycles. The maximum absolute atomic E-state index is 15.1. The molecule has 1 saturated heterocycles. The highest BCUT2D eigenvalue weighted by Gasteiger charge is 2.46. The lowest BCUT2D eigenvalue weighted by Crippen LogP contribution is -2.60. The van der Waals surface area contributed by atoms with Gasteiger partial charge in [0, 0.05) is 24.8 Å². The second-order valence-electron chi connectivity index (χ2n) is 9.84. The van der Waals surface area contributed by atoms with Crippen molar-refractivity contribution in [3.05, 3.63) is 36.4 Å². The van der Waals surface area contributed by atoms with Crippen LogP contribution in [0.2, 0.25) is 0 Å².